The van der Waals surface area contributed by atoms with Crippen molar-refractivity contribution < 1.29 is 14.3 Å². The lowest BCUT2D eigenvalue weighted by atomic mass is 10.2. The van der Waals surface area contributed by atoms with Crippen LogP contribution in [0.1, 0.15) is 5.56 Å². The summed E-state index contributed by atoms with van der Waals surface area (Å²) in [6.45, 7) is 2.69. The molecule has 26 heavy (non-hydrogen) atoms. The van der Waals surface area contributed by atoms with Gasteiger partial charge in [-0.3, -0.25) is 4.79 Å². The number of ether oxygens (including phenoxy) is 1. The number of amides is 3. The van der Waals surface area contributed by atoms with Crippen LogP contribution in [0.3, 0.4) is 0 Å². The molecule has 2 N–H and O–H groups in total. The summed E-state index contributed by atoms with van der Waals surface area (Å²) < 4.78 is 5.53. The summed E-state index contributed by atoms with van der Waals surface area (Å²) in [5.74, 6) is -0.0873. The number of hydrogen-bond acceptors (Lipinski definition) is 3. The van der Waals surface area contributed by atoms with Crippen LogP contribution in [-0.4, -0.2) is 37.7 Å². The standard InChI is InChI=1S/C19H20ClN3O3/c1-13-2-8-16(9-3-13)23-11-17(26-12-18(23)24)10-21-19(25)22-15-6-4-14(20)5-7-15/h2-9,17H,10-12H2,1H3,(H2,21,22,25). The lowest BCUT2D eigenvalue weighted by Crippen LogP contribution is -2.51. The molecule has 6 nitrogen and oxygen atoms in total. The van der Waals surface area contributed by atoms with Gasteiger partial charge in [-0.1, -0.05) is 29.3 Å². The number of nitrogens with zero attached hydrogens (tertiary/aromatic N) is 1. The fourth-order valence-corrected chi connectivity index (χ4v) is 2.76. The molecule has 0 radical (unpaired) electrons. The Hall–Kier alpha value is -2.57. The summed E-state index contributed by atoms with van der Waals surface area (Å²) in [6, 6.07) is 14.3. The maximum absolute atomic E-state index is 12.1. The monoisotopic (exact) mass is 373 g/mol. The zero-order chi connectivity index (χ0) is 18.5. The highest BCUT2D eigenvalue weighted by Crippen LogP contribution is 2.19. The van der Waals surface area contributed by atoms with Crippen LogP contribution in [0.25, 0.3) is 0 Å². The van der Waals surface area contributed by atoms with E-state index in [1.807, 2.05) is 31.2 Å². The number of urea groups is 1. The number of aryl methyl sites for hydroxylation is 1. The van der Waals surface area contributed by atoms with Gasteiger partial charge in [0.25, 0.3) is 5.91 Å². The number of benzene rings is 2. The van der Waals surface area contributed by atoms with E-state index in [4.69, 9.17) is 16.3 Å². The summed E-state index contributed by atoms with van der Waals surface area (Å²) in [5, 5.41) is 6.09. The highest BCUT2D eigenvalue weighted by Gasteiger charge is 2.27. The molecule has 7 heteroatoms. The number of hydrogen-bond donors (Lipinski definition) is 2. The van der Waals surface area contributed by atoms with Crippen LogP contribution in [0.5, 0.6) is 0 Å². The molecule has 1 aliphatic rings. The lowest BCUT2D eigenvalue weighted by molar-refractivity contribution is -0.129. The molecule has 1 heterocycles. The van der Waals surface area contributed by atoms with Crippen molar-refractivity contribution in [2.45, 2.75) is 13.0 Å². The molecule has 0 aliphatic carbocycles. The largest absolute Gasteiger partial charge is 0.365 e. The summed E-state index contributed by atoms with van der Waals surface area (Å²) >= 11 is 5.82. The average molecular weight is 374 g/mol. The number of carbonyl (C=O) groups excluding carboxylic acids is 2. The van der Waals surface area contributed by atoms with E-state index in [0.29, 0.717) is 23.8 Å². The Balaban J connectivity index is 1.53. The summed E-state index contributed by atoms with van der Waals surface area (Å²) in [7, 11) is 0. The van der Waals surface area contributed by atoms with Crippen molar-refractivity contribution in [2.24, 2.45) is 0 Å². The van der Waals surface area contributed by atoms with Crippen LogP contribution < -0.4 is 15.5 Å². The zero-order valence-corrected chi connectivity index (χ0v) is 15.1. The maximum atomic E-state index is 12.1. The molecule has 3 amide bonds. The maximum Gasteiger partial charge on any atom is 0.319 e. The van der Waals surface area contributed by atoms with Gasteiger partial charge >= 0.3 is 6.03 Å². The molecule has 136 valence electrons. The minimum Gasteiger partial charge on any atom is -0.365 e. The van der Waals surface area contributed by atoms with Gasteiger partial charge in [0.05, 0.1) is 12.6 Å². The molecule has 1 unspecified atom stereocenters. The predicted octanol–water partition coefficient (Wildman–Crippen LogP) is 3.20. The van der Waals surface area contributed by atoms with E-state index in [0.717, 1.165) is 11.3 Å². The van der Waals surface area contributed by atoms with Crippen LogP contribution in [0.4, 0.5) is 16.2 Å². The molecule has 1 saturated heterocycles. The van der Waals surface area contributed by atoms with Crippen LogP contribution in [0, 0.1) is 6.92 Å². The smallest absolute Gasteiger partial charge is 0.319 e. The van der Waals surface area contributed by atoms with Crippen molar-refractivity contribution in [2.75, 3.05) is 29.9 Å². The molecule has 0 saturated carbocycles. The second kappa shape index (κ2) is 8.21. The van der Waals surface area contributed by atoms with Crippen molar-refractivity contribution in [3.63, 3.8) is 0 Å². The molecule has 1 atom stereocenters. The van der Waals surface area contributed by atoms with Gasteiger partial charge < -0.3 is 20.3 Å². The van der Waals surface area contributed by atoms with E-state index in [-0.39, 0.29) is 24.6 Å². The lowest BCUT2D eigenvalue weighted by Gasteiger charge is -2.33. The van der Waals surface area contributed by atoms with Crippen molar-refractivity contribution >= 4 is 34.9 Å². The van der Waals surface area contributed by atoms with E-state index in [1.54, 1.807) is 29.2 Å². The zero-order valence-electron chi connectivity index (χ0n) is 14.4. The number of anilines is 2. The van der Waals surface area contributed by atoms with Crippen molar-refractivity contribution in [3.8, 4) is 0 Å². The average Bonchev–Trinajstić information content (AvgIpc) is 2.64. The Morgan fingerprint density at radius 3 is 2.58 bits per heavy atom. The number of halogens is 1. The number of nitrogens with one attached hydrogen (secondary N) is 2. The highest BCUT2D eigenvalue weighted by molar-refractivity contribution is 6.30. The number of rotatable bonds is 4. The molecule has 3 rings (SSSR count). The van der Waals surface area contributed by atoms with Gasteiger partial charge in [0.15, 0.2) is 0 Å². The van der Waals surface area contributed by atoms with Gasteiger partial charge in [-0.25, -0.2) is 4.79 Å². The van der Waals surface area contributed by atoms with Crippen LogP contribution in [0.2, 0.25) is 5.02 Å². The van der Waals surface area contributed by atoms with Gasteiger partial charge in [0, 0.05) is 22.9 Å². The predicted molar refractivity (Wildman–Crippen MR) is 102 cm³/mol. The van der Waals surface area contributed by atoms with Crippen molar-refractivity contribution in [3.05, 3.63) is 59.1 Å². The normalized spacial score (nSPS) is 17.1. The fourth-order valence-electron chi connectivity index (χ4n) is 2.64. The van der Waals surface area contributed by atoms with Gasteiger partial charge in [0.2, 0.25) is 0 Å². The topological polar surface area (TPSA) is 70.7 Å². The molecule has 1 fully saturated rings. The summed E-state index contributed by atoms with van der Waals surface area (Å²) in [5.41, 5.74) is 2.61. The van der Waals surface area contributed by atoms with Crippen LogP contribution >= 0.6 is 11.6 Å². The van der Waals surface area contributed by atoms with E-state index in [2.05, 4.69) is 10.6 Å². The van der Waals surface area contributed by atoms with Gasteiger partial charge in [-0.05, 0) is 43.3 Å². The second-order valence-corrected chi connectivity index (χ2v) is 6.55. The first-order valence-corrected chi connectivity index (χ1v) is 8.68. The fraction of sp³-hybridized carbons (Fsp3) is 0.263. The Morgan fingerprint density at radius 1 is 1.19 bits per heavy atom. The van der Waals surface area contributed by atoms with E-state index >= 15 is 0 Å². The number of carbonyl (C=O) groups is 2. The second-order valence-electron chi connectivity index (χ2n) is 6.11. The van der Waals surface area contributed by atoms with Crippen LogP contribution in [-0.2, 0) is 9.53 Å². The van der Waals surface area contributed by atoms with E-state index in [1.165, 1.54) is 0 Å². The third-order valence-corrected chi connectivity index (χ3v) is 4.32. The molecule has 0 aromatic heterocycles. The Morgan fingerprint density at radius 2 is 1.88 bits per heavy atom. The Labute approximate surface area is 157 Å². The minimum absolute atomic E-state index is 0.000966. The first kappa shape index (κ1) is 18.2. The Bertz CT molecular complexity index is 778. The first-order valence-electron chi connectivity index (χ1n) is 8.30. The summed E-state index contributed by atoms with van der Waals surface area (Å²) in [4.78, 5) is 25.8. The number of morpholine rings is 1. The molecule has 1 aliphatic heterocycles. The third kappa shape index (κ3) is 4.74. The van der Waals surface area contributed by atoms with E-state index in [9.17, 15) is 9.59 Å². The highest BCUT2D eigenvalue weighted by atomic mass is 35.5. The van der Waals surface area contributed by atoms with Gasteiger partial charge in [0.1, 0.15) is 6.61 Å². The molecule has 2 aromatic carbocycles. The molecular formula is C19H20ClN3O3. The molecular weight excluding hydrogens is 354 g/mol. The van der Waals surface area contributed by atoms with Gasteiger partial charge in [-0.15, -0.1) is 0 Å². The van der Waals surface area contributed by atoms with Gasteiger partial charge in [-0.2, -0.15) is 0 Å². The third-order valence-electron chi connectivity index (χ3n) is 4.07. The molecule has 2 aromatic rings. The van der Waals surface area contributed by atoms with Crippen molar-refractivity contribution in [1.82, 2.24) is 5.32 Å². The quantitative estimate of drug-likeness (QED) is 0.864. The van der Waals surface area contributed by atoms with Crippen LogP contribution in [0.15, 0.2) is 48.5 Å². The van der Waals surface area contributed by atoms with Crippen molar-refractivity contribution in [1.29, 1.82) is 0 Å². The molecule has 0 spiro atoms. The minimum atomic E-state index is -0.338. The SMILES string of the molecule is Cc1ccc(N2CC(CNC(=O)Nc3ccc(Cl)cc3)OCC2=O)cc1. The Kier molecular flexibility index (Phi) is 5.75. The summed E-state index contributed by atoms with van der Waals surface area (Å²) in [6.07, 6.45) is -0.273. The van der Waals surface area contributed by atoms with E-state index < -0.39 is 0 Å². The first-order chi connectivity index (χ1) is 12.5. The molecule has 0 bridgehead atoms.